The summed E-state index contributed by atoms with van der Waals surface area (Å²) in [6.45, 7) is 8.00. The van der Waals surface area contributed by atoms with Crippen molar-refractivity contribution in [3.63, 3.8) is 0 Å². The molecule has 0 amide bonds. The lowest BCUT2D eigenvalue weighted by Gasteiger charge is -2.08. The number of hydrogen-bond donors (Lipinski definition) is 3. The number of fused-ring (bicyclic) bond motifs is 2. The lowest BCUT2D eigenvalue weighted by Crippen LogP contribution is -1.91. The summed E-state index contributed by atoms with van der Waals surface area (Å²) in [5.41, 5.74) is 5.20. The largest absolute Gasteiger partial charge is 0.388 e. The number of terminal acetylenes is 1. The summed E-state index contributed by atoms with van der Waals surface area (Å²) in [7, 11) is 1.88. The summed E-state index contributed by atoms with van der Waals surface area (Å²) in [6.07, 6.45) is 7.01. The maximum Gasteiger partial charge on any atom is 0.100 e. The molecule has 0 atom stereocenters. The number of nitrogens with zero attached hydrogens (tertiary/aromatic N) is 1. The first-order valence-corrected chi connectivity index (χ1v) is 12.3. The van der Waals surface area contributed by atoms with Crippen LogP contribution in [0.15, 0.2) is 64.4 Å². The van der Waals surface area contributed by atoms with Gasteiger partial charge in [-0.1, -0.05) is 65.1 Å². The van der Waals surface area contributed by atoms with Crippen molar-refractivity contribution >= 4 is 52.5 Å². The van der Waals surface area contributed by atoms with Gasteiger partial charge in [0.05, 0.1) is 5.56 Å². The van der Waals surface area contributed by atoms with Gasteiger partial charge in [0.2, 0.25) is 0 Å². The van der Waals surface area contributed by atoms with E-state index in [0.717, 1.165) is 44.7 Å². The molecule has 4 rings (SSSR count). The van der Waals surface area contributed by atoms with Gasteiger partial charge in [-0.05, 0) is 76.7 Å². The Morgan fingerprint density at radius 2 is 1.56 bits per heavy atom. The Kier molecular flexibility index (Phi) is 14.5. The molecule has 0 saturated heterocycles. The Morgan fingerprint density at radius 3 is 2.17 bits per heavy atom. The van der Waals surface area contributed by atoms with Crippen molar-refractivity contribution < 1.29 is 0 Å². The summed E-state index contributed by atoms with van der Waals surface area (Å²) >= 11 is 8.93. The van der Waals surface area contributed by atoms with Crippen molar-refractivity contribution in [3.05, 3.63) is 76.9 Å². The van der Waals surface area contributed by atoms with Gasteiger partial charge in [0.1, 0.15) is 6.07 Å². The minimum atomic E-state index is 0. The van der Waals surface area contributed by atoms with Crippen molar-refractivity contribution in [3.8, 4) is 18.4 Å². The van der Waals surface area contributed by atoms with E-state index in [1.54, 1.807) is 0 Å². The zero-order valence-electron chi connectivity index (χ0n) is 20.5. The van der Waals surface area contributed by atoms with Crippen molar-refractivity contribution in [1.29, 1.82) is 5.26 Å². The van der Waals surface area contributed by atoms with Crippen LogP contribution in [0.4, 0.5) is 5.69 Å². The third-order valence-corrected chi connectivity index (χ3v) is 6.65. The predicted octanol–water partition coefficient (Wildman–Crippen LogP) is 9.65. The molecule has 0 unspecified atom stereocenters. The second kappa shape index (κ2) is 15.8. The number of nitriles is 1. The number of thiol groups is 2. The molecular formula is C32H40N2S2. The second-order valence-electron chi connectivity index (χ2n) is 7.68. The molecule has 0 spiro atoms. The Hall–Kier alpha value is -3.05. The molecule has 0 aliphatic rings. The fourth-order valence-electron chi connectivity index (χ4n) is 3.64. The van der Waals surface area contributed by atoms with Gasteiger partial charge in [-0.3, -0.25) is 0 Å². The average molecular weight is 517 g/mol. The molecule has 0 aliphatic carbocycles. The first-order valence-electron chi connectivity index (χ1n) is 11.4. The van der Waals surface area contributed by atoms with Crippen LogP contribution in [0.5, 0.6) is 0 Å². The highest BCUT2D eigenvalue weighted by molar-refractivity contribution is 7.80. The molecule has 1 N–H and O–H groups in total. The molecular weight excluding hydrogens is 477 g/mol. The fraction of sp³-hybridized carbons (Fsp3) is 0.281. The zero-order chi connectivity index (χ0) is 25.3. The maximum atomic E-state index is 9.17. The molecule has 0 bridgehead atoms. The van der Waals surface area contributed by atoms with E-state index in [4.69, 9.17) is 11.7 Å². The van der Waals surface area contributed by atoms with Crippen LogP contribution in [0.25, 0.3) is 21.5 Å². The first-order chi connectivity index (χ1) is 16.4. The Bertz CT molecular complexity index is 1380. The number of aryl methyl sites for hydroxylation is 2. The Morgan fingerprint density at radius 1 is 0.889 bits per heavy atom. The third-order valence-electron chi connectivity index (χ3n) is 5.59. The summed E-state index contributed by atoms with van der Waals surface area (Å²) in [5.74, 6) is 2.67. The van der Waals surface area contributed by atoms with Gasteiger partial charge in [0, 0.05) is 28.9 Å². The molecule has 36 heavy (non-hydrogen) atoms. The van der Waals surface area contributed by atoms with Crippen LogP contribution in [-0.4, -0.2) is 7.05 Å². The van der Waals surface area contributed by atoms with E-state index < -0.39 is 0 Å². The topological polar surface area (TPSA) is 35.8 Å². The van der Waals surface area contributed by atoms with Gasteiger partial charge in [-0.15, -0.1) is 37.6 Å². The van der Waals surface area contributed by atoms with Gasteiger partial charge >= 0.3 is 0 Å². The molecule has 190 valence electrons. The molecule has 4 aromatic rings. The quantitative estimate of drug-likeness (QED) is 0.187. The summed E-state index contributed by atoms with van der Waals surface area (Å²) in [5, 5.41) is 16.7. The fourth-order valence-corrected chi connectivity index (χ4v) is 4.17. The van der Waals surface area contributed by atoms with Gasteiger partial charge in [0.15, 0.2) is 0 Å². The Labute approximate surface area is 230 Å². The van der Waals surface area contributed by atoms with Gasteiger partial charge in [-0.2, -0.15) is 5.26 Å². The lowest BCUT2D eigenvalue weighted by molar-refractivity contribution is 1.03. The van der Waals surface area contributed by atoms with Crippen LogP contribution >= 0.6 is 25.3 Å². The van der Waals surface area contributed by atoms with E-state index in [1.165, 1.54) is 21.9 Å². The molecule has 0 fully saturated rings. The van der Waals surface area contributed by atoms with Crippen molar-refractivity contribution in [2.24, 2.45) is 0 Å². The molecule has 0 aromatic heterocycles. The van der Waals surface area contributed by atoms with Gasteiger partial charge < -0.3 is 5.32 Å². The zero-order valence-corrected chi connectivity index (χ0v) is 22.3. The maximum absolute atomic E-state index is 9.17. The highest BCUT2D eigenvalue weighted by Gasteiger charge is 2.08. The highest BCUT2D eigenvalue weighted by atomic mass is 32.1. The van der Waals surface area contributed by atoms with E-state index in [9.17, 15) is 0 Å². The molecule has 4 aromatic carbocycles. The van der Waals surface area contributed by atoms with Crippen LogP contribution in [0, 0.1) is 37.5 Å². The summed E-state index contributed by atoms with van der Waals surface area (Å²) in [6, 6.07) is 20.9. The molecule has 0 aliphatic heterocycles. The van der Waals surface area contributed by atoms with E-state index in [2.05, 4.69) is 79.8 Å². The number of hydrogen-bond acceptors (Lipinski definition) is 4. The lowest BCUT2D eigenvalue weighted by atomic mass is 10.00. The predicted molar refractivity (Wildman–Crippen MR) is 168 cm³/mol. The number of rotatable bonds is 3. The van der Waals surface area contributed by atoms with E-state index >= 15 is 0 Å². The first kappa shape index (κ1) is 33.0. The average Bonchev–Trinajstić information content (AvgIpc) is 2.87. The normalized spacial score (nSPS) is 9.25. The summed E-state index contributed by atoms with van der Waals surface area (Å²) < 4.78 is 0. The smallest absolute Gasteiger partial charge is 0.100 e. The monoisotopic (exact) mass is 516 g/mol. The van der Waals surface area contributed by atoms with Crippen LogP contribution in [0.1, 0.15) is 57.4 Å². The molecule has 0 saturated carbocycles. The van der Waals surface area contributed by atoms with Crippen molar-refractivity contribution in [2.75, 3.05) is 12.4 Å². The number of nitrogens with one attached hydrogen (secondary N) is 1. The minimum Gasteiger partial charge on any atom is -0.388 e. The minimum absolute atomic E-state index is 0. The number of benzene rings is 4. The van der Waals surface area contributed by atoms with Crippen LogP contribution < -0.4 is 5.32 Å². The van der Waals surface area contributed by atoms with Gasteiger partial charge in [-0.25, -0.2) is 0 Å². The molecule has 0 heterocycles. The van der Waals surface area contributed by atoms with Crippen molar-refractivity contribution in [2.45, 2.75) is 65.2 Å². The standard InChI is InChI=1S/C15H14S.C13H12N2S.C2H6.2CH4/c1-3-4-5-12-7-9-14-13(10-12)8-6-11(2)15(14)16;1-8-12(7-14)11-4-3-10(15-2)5-9(11)6-13(8)16;1-2;;/h1,6-10,16H,4-5H2,2H3;3-6,15-16H,1-2H3;1-2H3;2*1H4. The molecule has 4 heteroatoms. The molecule has 2 nitrogen and oxygen atoms in total. The van der Waals surface area contributed by atoms with E-state index in [0.29, 0.717) is 5.56 Å². The third kappa shape index (κ3) is 7.72. The van der Waals surface area contributed by atoms with E-state index in [1.807, 2.05) is 52.1 Å². The second-order valence-corrected chi connectivity index (χ2v) is 8.61. The SMILES string of the molecule is C.C.C#CCCc1ccc2c(S)c(C)ccc2c1.CC.CNc1ccc2c(C#N)c(C)c(S)cc2c1. The van der Waals surface area contributed by atoms with E-state index in [-0.39, 0.29) is 14.9 Å². The summed E-state index contributed by atoms with van der Waals surface area (Å²) in [4.78, 5) is 1.93. The van der Waals surface area contributed by atoms with Crippen molar-refractivity contribution in [1.82, 2.24) is 0 Å². The van der Waals surface area contributed by atoms with Crippen LogP contribution in [0.2, 0.25) is 0 Å². The molecule has 0 radical (unpaired) electrons. The Balaban J connectivity index is 0.000000605. The van der Waals surface area contributed by atoms with Gasteiger partial charge in [0.25, 0.3) is 0 Å². The number of anilines is 1. The van der Waals surface area contributed by atoms with Crippen LogP contribution in [-0.2, 0) is 6.42 Å². The van der Waals surface area contributed by atoms with Crippen LogP contribution in [0.3, 0.4) is 0 Å². The highest BCUT2D eigenvalue weighted by Crippen LogP contribution is 2.29.